The topological polar surface area (TPSA) is 67.4 Å². The van der Waals surface area contributed by atoms with Crippen molar-refractivity contribution in [1.29, 1.82) is 0 Å². The van der Waals surface area contributed by atoms with Gasteiger partial charge in [0.1, 0.15) is 5.75 Å². The van der Waals surface area contributed by atoms with Crippen LogP contribution in [-0.2, 0) is 9.59 Å². The van der Waals surface area contributed by atoms with Gasteiger partial charge in [-0.3, -0.25) is 9.59 Å². The summed E-state index contributed by atoms with van der Waals surface area (Å²) < 4.78 is 3.70. The molecule has 0 aromatic heterocycles. The van der Waals surface area contributed by atoms with Crippen LogP contribution in [0.4, 0.5) is 5.69 Å². The highest BCUT2D eigenvalue weighted by molar-refractivity contribution is 6.68. The molecule has 0 aliphatic rings. The van der Waals surface area contributed by atoms with Crippen molar-refractivity contribution >= 4 is 52.3 Å². The van der Waals surface area contributed by atoms with Crippen LogP contribution in [0, 0.1) is 0 Å². The lowest BCUT2D eigenvalue weighted by Crippen LogP contribution is -2.47. The van der Waals surface area contributed by atoms with E-state index in [1.165, 1.54) is 6.92 Å². The molecule has 1 atom stereocenters. The predicted molar refractivity (Wildman–Crippen MR) is 88.5 cm³/mol. The Hall–Kier alpha value is -1.17. The van der Waals surface area contributed by atoms with Crippen molar-refractivity contribution in [3.05, 3.63) is 24.3 Å². The lowest BCUT2D eigenvalue weighted by Gasteiger charge is -2.26. The van der Waals surface area contributed by atoms with E-state index in [1.54, 1.807) is 24.3 Å². The van der Waals surface area contributed by atoms with E-state index >= 15 is 0 Å². The molecule has 0 aliphatic carbocycles. The van der Waals surface area contributed by atoms with Crippen molar-refractivity contribution in [1.82, 2.24) is 5.32 Å². The Balaban J connectivity index is 2.85. The average molecular weight is 368 g/mol. The highest BCUT2D eigenvalue weighted by atomic mass is 35.6. The lowest BCUT2D eigenvalue weighted by atomic mass is 10.3. The quantitative estimate of drug-likeness (QED) is 0.596. The number of hydrogen-bond acceptors (Lipinski definition) is 3. The fourth-order valence-electron chi connectivity index (χ4n) is 1.61. The van der Waals surface area contributed by atoms with E-state index < -0.39 is 10.0 Å². The molecule has 0 bridgehead atoms. The number of rotatable bonds is 6. The third-order valence-corrected chi connectivity index (χ3v) is 3.07. The van der Waals surface area contributed by atoms with Crippen LogP contribution < -0.4 is 15.4 Å². The Morgan fingerprint density at radius 1 is 1.32 bits per heavy atom. The van der Waals surface area contributed by atoms with Gasteiger partial charge < -0.3 is 15.4 Å². The van der Waals surface area contributed by atoms with E-state index in [4.69, 9.17) is 39.5 Å². The highest BCUT2D eigenvalue weighted by Crippen LogP contribution is 2.32. The first-order chi connectivity index (χ1) is 10.2. The van der Waals surface area contributed by atoms with Gasteiger partial charge in [-0.1, -0.05) is 47.8 Å². The summed E-state index contributed by atoms with van der Waals surface area (Å²) in [5.74, 6) is -0.150. The number of benzene rings is 1. The molecule has 0 saturated heterocycles. The van der Waals surface area contributed by atoms with Crippen LogP contribution in [0.5, 0.6) is 5.75 Å². The number of carbonyl (C=O) groups is 2. The molecule has 0 saturated carbocycles. The molecule has 1 aromatic rings. The van der Waals surface area contributed by atoms with Crippen molar-refractivity contribution in [3.8, 4) is 5.75 Å². The van der Waals surface area contributed by atoms with Gasteiger partial charge in [-0.15, -0.1) is 0 Å². The first kappa shape index (κ1) is 18.9. The van der Waals surface area contributed by atoms with Crippen molar-refractivity contribution in [2.75, 3.05) is 5.32 Å². The maximum atomic E-state index is 11.7. The first-order valence-corrected chi connectivity index (χ1v) is 7.76. The zero-order valence-corrected chi connectivity index (χ0v) is 14.4. The summed E-state index contributed by atoms with van der Waals surface area (Å²) in [6, 6.07) is 6.55. The van der Waals surface area contributed by atoms with Crippen molar-refractivity contribution in [2.45, 2.75) is 36.7 Å². The standard InChI is InChI=1S/C14H17Cl3N2O3/c1-3-5-12(21)19-13(14(15,16)17)22-11-7-4-6-10(8-11)18-9(2)20/h4,6-8,13H,3,5H2,1-2H3,(H,18,20)(H,19,21). The SMILES string of the molecule is CCCC(=O)NC(Oc1cccc(NC(C)=O)c1)C(Cl)(Cl)Cl. The summed E-state index contributed by atoms with van der Waals surface area (Å²) in [7, 11) is 0. The molecule has 0 spiro atoms. The van der Waals surface area contributed by atoms with Gasteiger partial charge in [-0.2, -0.15) is 0 Å². The van der Waals surface area contributed by atoms with Gasteiger partial charge >= 0.3 is 0 Å². The van der Waals surface area contributed by atoms with Crippen molar-refractivity contribution < 1.29 is 14.3 Å². The second-order valence-electron chi connectivity index (χ2n) is 4.57. The zero-order chi connectivity index (χ0) is 16.8. The molecule has 1 aromatic carbocycles. The third kappa shape index (κ3) is 6.73. The summed E-state index contributed by atoms with van der Waals surface area (Å²) >= 11 is 17.5. The highest BCUT2D eigenvalue weighted by Gasteiger charge is 2.36. The van der Waals surface area contributed by atoms with Crippen molar-refractivity contribution in [2.24, 2.45) is 0 Å². The molecular weight excluding hydrogens is 351 g/mol. The fourth-order valence-corrected chi connectivity index (χ4v) is 1.91. The van der Waals surface area contributed by atoms with Gasteiger partial charge in [0, 0.05) is 25.1 Å². The molecular formula is C14H17Cl3N2O3. The first-order valence-electron chi connectivity index (χ1n) is 6.62. The van der Waals surface area contributed by atoms with Crippen LogP contribution in [0.1, 0.15) is 26.7 Å². The second-order valence-corrected chi connectivity index (χ2v) is 6.93. The third-order valence-electron chi connectivity index (χ3n) is 2.47. The predicted octanol–water partition coefficient (Wildman–Crippen LogP) is 3.64. The summed E-state index contributed by atoms with van der Waals surface area (Å²) in [6.45, 7) is 3.25. The van der Waals surface area contributed by atoms with Gasteiger partial charge in [0.25, 0.3) is 0 Å². The minimum absolute atomic E-state index is 0.216. The molecule has 1 rings (SSSR count). The van der Waals surface area contributed by atoms with E-state index in [9.17, 15) is 9.59 Å². The number of nitrogens with one attached hydrogen (secondary N) is 2. The van der Waals surface area contributed by atoms with Crippen molar-refractivity contribution in [3.63, 3.8) is 0 Å². The van der Waals surface area contributed by atoms with Gasteiger partial charge in [-0.25, -0.2) is 0 Å². The van der Waals surface area contributed by atoms with Crippen LogP contribution in [0.15, 0.2) is 24.3 Å². The summed E-state index contributed by atoms with van der Waals surface area (Å²) in [4.78, 5) is 22.7. The smallest absolute Gasteiger partial charge is 0.246 e. The summed E-state index contributed by atoms with van der Waals surface area (Å²) in [5.41, 5.74) is 0.535. The molecule has 1 unspecified atom stereocenters. The Morgan fingerprint density at radius 2 is 2.00 bits per heavy atom. The maximum absolute atomic E-state index is 11.7. The number of hydrogen-bond donors (Lipinski definition) is 2. The van der Waals surface area contributed by atoms with Crippen LogP contribution >= 0.6 is 34.8 Å². The normalized spacial score (nSPS) is 12.4. The Bertz CT molecular complexity index is 532. The zero-order valence-electron chi connectivity index (χ0n) is 12.2. The molecule has 122 valence electrons. The minimum atomic E-state index is -1.84. The maximum Gasteiger partial charge on any atom is 0.246 e. The molecule has 0 aliphatic heterocycles. The van der Waals surface area contributed by atoms with Crippen LogP contribution in [0.25, 0.3) is 0 Å². The van der Waals surface area contributed by atoms with Crippen LogP contribution in [0.2, 0.25) is 0 Å². The number of alkyl halides is 3. The van der Waals surface area contributed by atoms with E-state index in [0.29, 0.717) is 24.3 Å². The fraction of sp³-hybridized carbons (Fsp3) is 0.429. The molecule has 5 nitrogen and oxygen atoms in total. The van der Waals surface area contributed by atoms with Gasteiger partial charge in [0.05, 0.1) is 0 Å². The number of anilines is 1. The molecule has 0 radical (unpaired) electrons. The average Bonchev–Trinajstić information content (AvgIpc) is 2.36. The second kappa shape index (κ2) is 8.46. The van der Waals surface area contributed by atoms with E-state index in [1.807, 2.05) is 6.92 Å². The van der Waals surface area contributed by atoms with Gasteiger partial charge in [0.15, 0.2) is 0 Å². The molecule has 0 heterocycles. The lowest BCUT2D eigenvalue weighted by molar-refractivity contribution is -0.123. The summed E-state index contributed by atoms with van der Waals surface area (Å²) in [5, 5.41) is 5.14. The summed E-state index contributed by atoms with van der Waals surface area (Å²) in [6.07, 6.45) is -0.188. The van der Waals surface area contributed by atoms with Crippen LogP contribution in [0.3, 0.4) is 0 Å². The Kier molecular flexibility index (Phi) is 7.26. The monoisotopic (exact) mass is 366 g/mol. The Labute approximate surface area is 144 Å². The number of halogens is 3. The van der Waals surface area contributed by atoms with Crippen LogP contribution in [-0.4, -0.2) is 21.8 Å². The van der Waals surface area contributed by atoms with E-state index in [2.05, 4.69) is 10.6 Å². The molecule has 0 fully saturated rings. The largest absolute Gasteiger partial charge is 0.466 e. The minimum Gasteiger partial charge on any atom is -0.466 e. The molecule has 2 N–H and O–H groups in total. The number of ether oxygens (including phenoxy) is 1. The molecule has 8 heteroatoms. The number of carbonyl (C=O) groups excluding carboxylic acids is 2. The van der Waals surface area contributed by atoms with Gasteiger partial charge in [0.2, 0.25) is 21.8 Å². The van der Waals surface area contributed by atoms with E-state index in [-0.39, 0.29) is 11.8 Å². The van der Waals surface area contributed by atoms with Gasteiger partial charge in [-0.05, 0) is 18.6 Å². The number of amides is 2. The Morgan fingerprint density at radius 3 is 2.55 bits per heavy atom. The molecule has 2 amide bonds. The van der Waals surface area contributed by atoms with E-state index in [0.717, 1.165) is 0 Å². The molecule has 22 heavy (non-hydrogen) atoms.